The molecule has 0 unspecified atom stereocenters. The van der Waals surface area contributed by atoms with Crippen molar-refractivity contribution in [3.8, 4) is 5.75 Å². The summed E-state index contributed by atoms with van der Waals surface area (Å²) >= 11 is 0. The molecular weight excluding hydrogens is 198 g/mol. The van der Waals surface area contributed by atoms with Gasteiger partial charge in [0.05, 0.1) is 6.10 Å². The number of hydrogen-bond donors (Lipinski definition) is 1. The van der Waals surface area contributed by atoms with Gasteiger partial charge in [-0.2, -0.15) is 0 Å². The minimum atomic E-state index is 0.232. The molecule has 0 spiro atoms. The molecule has 2 N–H and O–H groups in total. The topological polar surface area (TPSA) is 35.2 Å². The fourth-order valence-electron chi connectivity index (χ4n) is 2.26. The third kappa shape index (κ3) is 1.71. The van der Waals surface area contributed by atoms with Gasteiger partial charge in [0.25, 0.3) is 0 Å². The van der Waals surface area contributed by atoms with E-state index in [2.05, 4.69) is 25.1 Å². The zero-order valence-electron chi connectivity index (χ0n) is 9.83. The lowest BCUT2D eigenvalue weighted by Gasteiger charge is -2.18. The molecule has 2 saturated carbocycles. The summed E-state index contributed by atoms with van der Waals surface area (Å²) in [6.45, 7) is 2.88. The largest absolute Gasteiger partial charge is 0.490 e. The summed E-state index contributed by atoms with van der Waals surface area (Å²) in [6.07, 6.45) is 5.32. The van der Waals surface area contributed by atoms with Crippen molar-refractivity contribution in [1.29, 1.82) is 0 Å². The highest BCUT2D eigenvalue weighted by Crippen LogP contribution is 2.51. The zero-order valence-corrected chi connectivity index (χ0v) is 9.83. The van der Waals surface area contributed by atoms with Crippen LogP contribution in [0.25, 0.3) is 0 Å². The first kappa shape index (κ1) is 10.2. The summed E-state index contributed by atoms with van der Waals surface area (Å²) in [5, 5.41) is 0. The molecule has 0 radical (unpaired) electrons. The van der Waals surface area contributed by atoms with Gasteiger partial charge in [0.1, 0.15) is 5.75 Å². The van der Waals surface area contributed by atoms with Gasteiger partial charge in [0.2, 0.25) is 0 Å². The quantitative estimate of drug-likeness (QED) is 0.841. The molecule has 2 aliphatic rings. The van der Waals surface area contributed by atoms with E-state index >= 15 is 0 Å². The van der Waals surface area contributed by atoms with Crippen molar-refractivity contribution in [3.05, 3.63) is 29.3 Å². The number of nitrogens with two attached hydrogens (primary N) is 1. The second-order valence-corrected chi connectivity index (χ2v) is 5.30. The van der Waals surface area contributed by atoms with E-state index in [1.165, 1.54) is 36.8 Å². The molecule has 0 aliphatic heterocycles. The Morgan fingerprint density at radius 3 is 2.69 bits per heavy atom. The number of aryl methyl sites for hydroxylation is 1. The van der Waals surface area contributed by atoms with Crippen molar-refractivity contribution in [2.45, 2.75) is 44.1 Å². The summed E-state index contributed by atoms with van der Waals surface area (Å²) in [4.78, 5) is 0. The van der Waals surface area contributed by atoms with Gasteiger partial charge in [-0.3, -0.25) is 0 Å². The highest BCUT2D eigenvalue weighted by Gasteiger charge is 2.45. The third-order valence-electron chi connectivity index (χ3n) is 3.77. The van der Waals surface area contributed by atoms with E-state index in [0.29, 0.717) is 6.10 Å². The molecule has 0 atom stereocenters. The summed E-state index contributed by atoms with van der Waals surface area (Å²) in [7, 11) is 0. The van der Waals surface area contributed by atoms with Gasteiger partial charge in [0, 0.05) is 17.5 Å². The number of rotatable bonds is 4. The Hall–Kier alpha value is -1.02. The standard InChI is InChI=1S/C14H19NO/c1-10-2-5-13(16-11-3-4-11)12(8-10)14(9-15)6-7-14/h2,5,8,11H,3-4,6-7,9,15H2,1H3. The molecule has 86 valence electrons. The fraction of sp³-hybridized carbons (Fsp3) is 0.571. The minimum absolute atomic E-state index is 0.232. The molecule has 0 saturated heterocycles. The van der Waals surface area contributed by atoms with E-state index in [4.69, 9.17) is 10.5 Å². The van der Waals surface area contributed by atoms with E-state index in [1.807, 2.05) is 0 Å². The molecule has 1 aromatic rings. The van der Waals surface area contributed by atoms with Crippen LogP contribution in [0.3, 0.4) is 0 Å². The second kappa shape index (κ2) is 3.49. The summed E-state index contributed by atoms with van der Waals surface area (Å²) < 4.78 is 5.98. The molecule has 2 aliphatic carbocycles. The lowest BCUT2D eigenvalue weighted by molar-refractivity contribution is 0.297. The monoisotopic (exact) mass is 217 g/mol. The van der Waals surface area contributed by atoms with Crippen LogP contribution in [0.5, 0.6) is 5.75 Å². The molecule has 2 nitrogen and oxygen atoms in total. The van der Waals surface area contributed by atoms with Crippen LogP contribution in [0, 0.1) is 6.92 Å². The first-order valence-electron chi connectivity index (χ1n) is 6.21. The predicted octanol–water partition coefficient (Wildman–Crippen LogP) is 2.53. The molecule has 3 rings (SSSR count). The fourth-order valence-corrected chi connectivity index (χ4v) is 2.26. The maximum Gasteiger partial charge on any atom is 0.123 e. The maximum absolute atomic E-state index is 5.98. The maximum atomic E-state index is 5.98. The Kier molecular flexibility index (Phi) is 2.21. The van der Waals surface area contributed by atoms with Crippen LogP contribution in [0.15, 0.2) is 18.2 Å². The van der Waals surface area contributed by atoms with Gasteiger partial charge in [-0.25, -0.2) is 0 Å². The highest BCUT2D eigenvalue weighted by atomic mass is 16.5. The Morgan fingerprint density at radius 1 is 1.38 bits per heavy atom. The average molecular weight is 217 g/mol. The molecule has 0 amide bonds. The van der Waals surface area contributed by atoms with E-state index < -0.39 is 0 Å². The van der Waals surface area contributed by atoms with E-state index in [1.54, 1.807) is 0 Å². The van der Waals surface area contributed by atoms with Crippen LogP contribution < -0.4 is 10.5 Å². The zero-order chi connectivity index (χ0) is 11.2. The normalized spacial score (nSPS) is 21.9. The summed E-state index contributed by atoms with van der Waals surface area (Å²) in [5.41, 5.74) is 8.80. The van der Waals surface area contributed by atoms with E-state index in [0.717, 1.165) is 12.3 Å². The van der Waals surface area contributed by atoms with E-state index in [-0.39, 0.29) is 5.41 Å². The van der Waals surface area contributed by atoms with Crippen molar-refractivity contribution in [2.75, 3.05) is 6.54 Å². The predicted molar refractivity (Wildman–Crippen MR) is 64.8 cm³/mol. The van der Waals surface area contributed by atoms with Crippen LogP contribution >= 0.6 is 0 Å². The SMILES string of the molecule is Cc1ccc(OC2CC2)c(C2(CN)CC2)c1. The van der Waals surface area contributed by atoms with Crippen LogP contribution in [-0.4, -0.2) is 12.6 Å². The molecule has 0 heterocycles. The van der Waals surface area contributed by atoms with Crippen LogP contribution in [0.1, 0.15) is 36.8 Å². The smallest absolute Gasteiger partial charge is 0.123 e. The van der Waals surface area contributed by atoms with Crippen LogP contribution in [0.4, 0.5) is 0 Å². The Balaban J connectivity index is 1.95. The Bertz CT molecular complexity index is 405. The minimum Gasteiger partial charge on any atom is -0.490 e. The van der Waals surface area contributed by atoms with Crippen molar-refractivity contribution >= 4 is 0 Å². The second-order valence-electron chi connectivity index (χ2n) is 5.30. The molecule has 2 fully saturated rings. The lowest BCUT2D eigenvalue weighted by Crippen LogP contribution is -2.21. The molecule has 2 heteroatoms. The number of hydrogen-bond acceptors (Lipinski definition) is 2. The van der Waals surface area contributed by atoms with Crippen molar-refractivity contribution < 1.29 is 4.74 Å². The molecule has 0 bridgehead atoms. The summed E-state index contributed by atoms with van der Waals surface area (Å²) in [5.74, 6) is 1.08. The van der Waals surface area contributed by atoms with Crippen molar-refractivity contribution in [2.24, 2.45) is 5.73 Å². The molecule has 0 aromatic heterocycles. The van der Waals surface area contributed by atoms with Gasteiger partial charge in [-0.05, 0) is 38.7 Å². The average Bonchev–Trinajstić information content (AvgIpc) is 3.14. The van der Waals surface area contributed by atoms with Gasteiger partial charge < -0.3 is 10.5 Å². The van der Waals surface area contributed by atoms with Gasteiger partial charge in [0.15, 0.2) is 0 Å². The molecular formula is C14H19NO. The highest BCUT2D eigenvalue weighted by molar-refractivity contribution is 5.46. The lowest BCUT2D eigenvalue weighted by atomic mass is 9.93. The van der Waals surface area contributed by atoms with Gasteiger partial charge >= 0.3 is 0 Å². The van der Waals surface area contributed by atoms with Crippen LogP contribution in [0.2, 0.25) is 0 Å². The first-order valence-corrected chi connectivity index (χ1v) is 6.21. The van der Waals surface area contributed by atoms with Crippen LogP contribution in [-0.2, 0) is 5.41 Å². The van der Waals surface area contributed by atoms with Crippen molar-refractivity contribution in [3.63, 3.8) is 0 Å². The molecule has 1 aromatic carbocycles. The Morgan fingerprint density at radius 2 is 2.12 bits per heavy atom. The third-order valence-corrected chi connectivity index (χ3v) is 3.77. The first-order chi connectivity index (χ1) is 7.73. The van der Waals surface area contributed by atoms with Gasteiger partial charge in [-0.1, -0.05) is 17.7 Å². The van der Waals surface area contributed by atoms with Crippen molar-refractivity contribution in [1.82, 2.24) is 0 Å². The number of benzene rings is 1. The number of ether oxygens (including phenoxy) is 1. The summed E-state index contributed by atoms with van der Waals surface area (Å²) in [6, 6.07) is 6.52. The van der Waals surface area contributed by atoms with E-state index in [9.17, 15) is 0 Å². The molecule has 16 heavy (non-hydrogen) atoms. The van der Waals surface area contributed by atoms with Gasteiger partial charge in [-0.15, -0.1) is 0 Å². The Labute approximate surface area is 96.8 Å².